The molecule has 2 aromatic carbocycles. The summed E-state index contributed by atoms with van der Waals surface area (Å²) < 4.78 is 5.21. The van der Waals surface area contributed by atoms with Crippen molar-refractivity contribution in [3.63, 3.8) is 0 Å². The molecule has 2 amide bonds. The average Bonchev–Trinajstić information content (AvgIpc) is 2.59. The van der Waals surface area contributed by atoms with E-state index in [9.17, 15) is 19.7 Å². The lowest BCUT2D eigenvalue weighted by molar-refractivity contribution is -0.383. The summed E-state index contributed by atoms with van der Waals surface area (Å²) in [7, 11) is 0. The molecule has 8 heteroatoms. The molecule has 0 spiro atoms. The van der Waals surface area contributed by atoms with Gasteiger partial charge in [0.1, 0.15) is 17.3 Å². The fraction of sp³-hybridized carbons (Fsp3) is 0.263. The van der Waals surface area contributed by atoms with Crippen LogP contribution in [0.5, 0.6) is 0 Å². The first-order valence-electron chi connectivity index (χ1n) is 8.26. The van der Waals surface area contributed by atoms with Crippen molar-refractivity contribution < 1.29 is 19.2 Å². The molecule has 2 rings (SSSR count). The number of nitro groups is 1. The van der Waals surface area contributed by atoms with Gasteiger partial charge < -0.3 is 15.4 Å². The largest absolute Gasteiger partial charge is 0.444 e. The number of amides is 2. The molecule has 0 heterocycles. The fourth-order valence-corrected chi connectivity index (χ4v) is 2.31. The van der Waals surface area contributed by atoms with E-state index in [1.807, 2.05) is 0 Å². The quantitative estimate of drug-likeness (QED) is 0.613. The third-order valence-corrected chi connectivity index (χ3v) is 3.41. The molecular weight excluding hydrogens is 350 g/mol. The molecule has 2 aromatic rings. The van der Waals surface area contributed by atoms with Crippen molar-refractivity contribution in [2.24, 2.45) is 0 Å². The first-order valence-corrected chi connectivity index (χ1v) is 8.26. The van der Waals surface area contributed by atoms with Gasteiger partial charge in [-0.3, -0.25) is 14.9 Å². The van der Waals surface area contributed by atoms with Gasteiger partial charge in [0.05, 0.1) is 4.92 Å². The summed E-state index contributed by atoms with van der Waals surface area (Å²) in [6.45, 7) is 5.12. The van der Waals surface area contributed by atoms with E-state index in [1.165, 1.54) is 18.2 Å². The summed E-state index contributed by atoms with van der Waals surface area (Å²) in [6.07, 6.45) is -0.769. The van der Waals surface area contributed by atoms with Gasteiger partial charge in [0.25, 0.3) is 11.6 Å². The second-order valence-electron chi connectivity index (χ2n) is 6.75. The van der Waals surface area contributed by atoms with Crippen LogP contribution in [0.25, 0.3) is 0 Å². The van der Waals surface area contributed by atoms with Gasteiger partial charge in [-0.2, -0.15) is 0 Å². The molecule has 0 radical (unpaired) electrons. The number of rotatable bonds is 5. The molecule has 142 valence electrons. The van der Waals surface area contributed by atoms with Crippen LogP contribution in [0.15, 0.2) is 54.6 Å². The molecule has 0 fully saturated rings. The normalized spacial score (nSPS) is 12.0. The number of hydrogen-bond donors (Lipinski definition) is 2. The van der Waals surface area contributed by atoms with E-state index in [0.29, 0.717) is 5.56 Å². The number of benzene rings is 2. The Morgan fingerprint density at radius 2 is 1.63 bits per heavy atom. The van der Waals surface area contributed by atoms with E-state index in [1.54, 1.807) is 57.2 Å². The Kier molecular flexibility index (Phi) is 6.12. The Balaban J connectivity index is 2.27. The molecule has 2 N–H and O–H groups in total. The molecule has 0 bridgehead atoms. The zero-order valence-corrected chi connectivity index (χ0v) is 15.3. The summed E-state index contributed by atoms with van der Waals surface area (Å²) in [5.41, 5.74) is -0.422. The van der Waals surface area contributed by atoms with E-state index in [0.717, 1.165) is 0 Å². The van der Waals surface area contributed by atoms with Crippen LogP contribution in [0.1, 0.15) is 32.4 Å². The van der Waals surface area contributed by atoms with Crippen LogP contribution in [0.3, 0.4) is 0 Å². The summed E-state index contributed by atoms with van der Waals surface area (Å²) >= 11 is 0. The van der Waals surface area contributed by atoms with Crippen LogP contribution >= 0.6 is 0 Å². The lowest BCUT2D eigenvalue weighted by Crippen LogP contribution is -2.40. The second-order valence-corrected chi connectivity index (χ2v) is 6.75. The second kappa shape index (κ2) is 8.31. The molecule has 0 aromatic heterocycles. The number of anilines is 1. The van der Waals surface area contributed by atoms with Crippen molar-refractivity contribution in [3.05, 3.63) is 70.3 Å². The van der Waals surface area contributed by atoms with E-state index >= 15 is 0 Å². The molecule has 0 aliphatic carbocycles. The SMILES string of the molecule is CC(C)(C)OC(=O)NC(C(=O)Nc1ccccc1[N+](=O)[O-])c1ccccc1. The van der Waals surface area contributed by atoms with Crippen molar-refractivity contribution in [1.82, 2.24) is 5.32 Å². The number of nitro benzene ring substituents is 1. The Morgan fingerprint density at radius 1 is 1.04 bits per heavy atom. The number of alkyl carbamates (subject to hydrolysis) is 1. The van der Waals surface area contributed by atoms with Crippen molar-refractivity contribution in [2.45, 2.75) is 32.4 Å². The summed E-state index contributed by atoms with van der Waals surface area (Å²) in [4.78, 5) is 35.5. The Labute approximate surface area is 156 Å². The van der Waals surface area contributed by atoms with E-state index in [4.69, 9.17) is 4.74 Å². The Bertz CT molecular complexity index is 831. The lowest BCUT2D eigenvalue weighted by Gasteiger charge is -2.23. The highest BCUT2D eigenvalue weighted by Gasteiger charge is 2.27. The van der Waals surface area contributed by atoms with Crippen LogP contribution < -0.4 is 10.6 Å². The highest BCUT2D eigenvalue weighted by atomic mass is 16.6. The van der Waals surface area contributed by atoms with Crippen LogP contribution in [0.4, 0.5) is 16.2 Å². The lowest BCUT2D eigenvalue weighted by atomic mass is 10.1. The zero-order valence-electron chi connectivity index (χ0n) is 15.3. The van der Waals surface area contributed by atoms with Crippen LogP contribution in [-0.2, 0) is 9.53 Å². The third-order valence-electron chi connectivity index (χ3n) is 3.41. The first kappa shape index (κ1) is 19.9. The maximum atomic E-state index is 12.8. The Hall–Kier alpha value is -3.42. The van der Waals surface area contributed by atoms with Gasteiger partial charge in [0.15, 0.2) is 0 Å². The maximum absolute atomic E-state index is 12.8. The van der Waals surface area contributed by atoms with Crippen molar-refractivity contribution in [2.75, 3.05) is 5.32 Å². The monoisotopic (exact) mass is 371 g/mol. The number of ether oxygens (including phenoxy) is 1. The summed E-state index contributed by atoms with van der Waals surface area (Å²) in [6, 6.07) is 13.2. The van der Waals surface area contributed by atoms with Gasteiger partial charge in [0.2, 0.25) is 0 Å². The van der Waals surface area contributed by atoms with E-state index in [2.05, 4.69) is 10.6 Å². The molecule has 0 saturated heterocycles. The minimum atomic E-state index is -1.08. The van der Waals surface area contributed by atoms with Crippen molar-refractivity contribution in [1.29, 1.82) is 0 Å². The number of nitrogens with zero attached hydrogens (tertiary/aromatic N) is 1. The third kappa shape index (κ3) is 5.81. The Morgan fingerprint density at radius 3 is 2.22 bits per heavy atom. The first-order chi connectivity index (χ1) is 12.7. The summed E-state index contributed by atoms with van der Waals surface area (Å²) in [5, 5.41) is 16.2. The number of hydrogen-bond acceptors (Lipinski definition) is 5. The van der Waals surface area contributed by atoms with Gasteiger partial charge in [-0.05, 0) is 32.4 Å². The fourth-order valence-electron chi connectivity index (χ4n) is 2.31. The van der Waals surface area contributed by atoms with Gasteiger partial charge in [0, 0.05) is 6.07 Å². The van der Waals surface area contributed by atoms with Gasteiger partial charge >= 0.3 is 6.09 Å². The smallest absolute Gasteiger partial charge is 0.408 e. The summed E-state index contributed by atoms with van der Waals surface area (Å²) in [5.74, 6) is -0.624. The van der Waals surface area contributed by atoms with Gasteiger partial charge in [-0.15, -0.1) is 0 Å². The van der Waals surface area contributed by atoms with Crippen LogP contribution in [0, 0.1) is 10.1 Å². The molecule has 27 heavy (non-hydrogen) atoms. The predicted octanol–water partition coefficient (Wildman–Crippen LogP) is 3.80. The topological polar surface area (TPSA) is 111 Å². The minimum absolute atomic E-state index is 0.0411. The predicted molar refractivity (Wildman–Crippen MR) is 100 cm³/mol. The molecule has 0 aliphatic rings. The number of para-hydroxylation sites is 2. The molecule has 1 unspecified atom stereocenters. The minimum Gasteiger partial charge on any atom is -0.444 e. The molecule has 0 saturated carbocycles. The highest BCUT2D eigenvalue weighted by Crippen LogP contribution is 2.25. The zero-order chi connectivity index (χ0) is 20.0. The van der Waals surface area contributed by atoms with Gasteiger partial charge in [-0.1, -0.05) is 42.5 Å². The van der Waals surface area contributed by atoms with Crippen molar-refractivity contribution in [3.8, 4) is 0 Å². The molecule has 8 nitrogen and oxygen atoms in total. The van der Waals surface area contributed by atoms with E-state index in [-0.39, 0.29) is 11.4 Å². The molecular formula is C19H21N3O5. The molecule has 0 aliphatic heterocycles. The molecule has 1 atom stereocenters. The van der Waals surface area contributed by atoms with Crippen molar-refractivity contribution >= 4 is 23.4 Å². The van der Waals surface area contributed by atoms with Crippen LogP contribution in [-0.4, -0.2) is 22.5 Å². The average molecular weight is 371 g/mol. The van der Waals surface area contributed by atoms with E-state index < -0.39 is 28.6 Å². The van der Waals surface area contributed by atoms with Gasteiger partial charge in [-0.25, -0.2) is 4.79 Å². The van der Waals surface area contributed by atoms with Crippen LogP contribution in [0.2, 0.25) is 0 Å². The number of carbonyl (C=O) groups is 2. The standard InChI is InChI=1S/C19H21N3O5/c1-19(2,3)27-18(24)21-16(13-9-5-4-6-10-13)17(23)20-14-11-7-8-12-15(14)22(25)26/h4-12,16H,1-3H3,(H,20,23)(H,21,24). The number of carbonyl (C=O) groups excluding carboxylic acids is 2. The number of nitrogens with one attached hydrogen (secondary N) is 2. The highest BCUT2D eigenvalue weighted by molar-refractivity contribution is 5.98. The maximum Gasteiger partial charge on any atom is 0.408 e.